The number of thioether (sulfide) groups is 1. The second-order valence-electron chi connectivity index (χ2n) is 4.10. The van der Waals surface area contributed by atoms with Crippen molar-refractivity contribution in [1.29, 1.82) is 0 Å². The molecule has 1 aromatic heterocycles. The Bertz CT molecular complexity index is 530. The molecule has 0 atom stereocenters. The Balaban J connectivity index is 2.08. The van der Waals surface area contributed by atoms with Gasteiger partial charge in [0.1, 0.15) is 0 Å². The van der Waals surface area contributed by atoms with Gasteiger partial charge in [-0.3, -0.25) is 0 Å². The van der Waals surface area contributed by atoms with Crippen molar-refractivity contribution >= 4 is 17.7 Å². The molecular weight excluding hydrogens is 258 g/mol. The highest BCUT2D eigenvalue weighted by Crippen LogP contribution is 2.17. The van der Waals surface area contributed by atoms with Crippen LogP contribution in [0.25, 0.3) is 0 Å². The van der Waals surface area contributed by atoms with E-state index in [1.165, 1.54) is 10.5 Å². The summed E-state index contributed by atoms with van der Waals surface area (Å²) >= 11 is 1.74. The van der Waals surface area contributed by atoms with Gasteiger partial charge in [0.05, 0.1) is 7.11 Å². The maximum atomic E-state index is 5.10. The van der Waals surface area contributed by atoms with Gasteiger partial charge in [-0.1, -0.05) is 12.1 Å². The Hall–Kier alpha value is -1.75. The van der Waals surface area contributed by atoms with Crippen LogP contribution in [0.5, 0.6) is 5.88 Å². The molecule has 4 nitrogen and oxygen atoms in total. The molecule has 0 spiro atoms. The first-order valence-corrected chi connectivity index (χ1v) is 7.16. The summed E-state index contributed by atoms with van der Waals surface area (Å²) in [6.45, 7) is 0.766. The van der Waals surface area contributed by atoms with E-state index >= 15 is 0 Å². The molecule has 0 aliphatic rings. The van der Waals surface area contributed by atoms with Gasteiger partial charge in [0, 0.05) is 30.8 Å². The number of aromatic nitrogens is 2. The summed E-state index contributed by atoms with van der Waals surface area (Å²) in [6.07, 6.45) is 3.78. The number of hydrogen-bond acceptors (Lipinski definition) is 5. The van der Waals surface area contributed by atoms with Gasteiger partial charge in [-0.25, -0.2) is 4.98 Å². The van der Waals surface area contributed by atoms with Gasteiger partial charge in [0.2, 0.25) is 11.8 Å². The standard InChI is InChI=1S/C14H17N3OS/c1-17(14-15-9-8-13(16-14)18-2)10-11-4-6-12(19-3)7-5-11/h4-9H,10H2,1-3H3. The highest BCUT2D eigenvalue weighted by atomic mass is 32.2. The predicted octanol–water partition coefficient (Wildman–Crippen LogP) is 2.84. The lowest BCUT2D eigenvalue weighted by atomic mass is 10.2. The number of nitrogens with zero attached hydrogens (tertiary/aromatic N) is 3. The summed E-state index contributed by atoms with van der Waals surface area (Å²) in [5.41, 5.74) is 1.23. The lowest BCUT2D eigenvalue weighted by Gasteiger charge is -2.17. The monoisotopic (exact) mass is 275 g/mol. The zero-order chi connectivity index (χ0) is 13.7. The number of benzene rings is 1. The van der Waals surface area contributed by atoms with E-state index in [0.29, 0.717) is 11.8 Å². The van der Waals surface area contributed by atoms with Gasteiger partial charge < -0.3 is 9.64 Å². The maximum Gasteiger partial charge on any atom is 0.228 e. The van der Waals surface area contributed by atoms with Crippen LogP contribution in [0.1, 0.15) is 5.56 Å². The first kappa shape index (κ1) is 13.7. The SMILES string of the molecule is COc1ccnc(N(C)Cc2ccc(SC)cc2)n1. The van der Waals surface area contributed by atoms with E-state index in [0.717, 1.165) is 6.54 Å². The Kier molecular flexibility index (Phi) is 4.63. The second kappa shape index (κ2) is 6.43. The van der Waals surface area contributed by atoms with Gasteiger partial charge in [-0.2, -0.15) is 4.98 Å². The summed E-state index contributed by atoms with van der Waals surface area (Å²) < 4.78 is 5.10. The molecule has 0 saturated heterocycles. The fourth-order valence-electron chi connectivity index (χ4n) is 1.71. The zero-order valence-electron chi connectivity index (χ0n) is 11.3. The van der Waals surface area contributed by atoms with Crippen molar-refractivity contribution < 1.29 is 4.74 Å². The molecule has 100 valence electrons. The Morgan fingerprint density at radius 3 is 2.58 bits per heavy atom. The summed E-state index contributed by atoms with van der Waals surface area (Å²) in [6, 6.07) is 10.2. The lowest BCUT2D eigenvalue weighted by Crippen LogP contribution is -2.19. The molecule has 0 bridgehead atoms. The molecule has 0 N–H and O–H groups in total. The molecule has 0 unspecified atom stereocenters. The molecule has 0 amide bonds. The molecule has 0 saturated carbocycles. The van der Waals surface area contributed by atoms with Gasteiger partial charge in [0.25, 0.3) is 0 Å². The summed E-state index contributed by atoms with van der Waals surface area (Å²) in [5, 5.41) is 0. The van der Waals surface area contributed by atoms with Crippen LogP contribution >= 0.6 is 11.8 Å². The largest absolute Gasteiger partial charge is 0.481 e. The van der Waals surface area contributed by atoms with Crippen molar-refractivity contribution in [2.75, 3.05) is 25.3 Å². The van der Waals surface area contributed by atoms with E-state index < -0.39 is 0 Å². The van der Waals surface area contributed by atoms with E-state index in [1.54, 1.807) is 31.1 Å². The van der Waals surface area contributed by atoms with E-state index in [1.807, 2.05) is 11.9 Å². The first-order valence-electron chi connectivity index (χ1n) is 5.94. The molecule has 0 aliphatic carbocycles. The fourth-order valence-corrected chi connectivity index (χ4v) is 2.11. The number of methoxy groups -OCH3 is 1. The van der Waals surface area contributed by atoms with Crippen molar-refractivity contribution in [3.8, 4) is 5.88 Å². The van der Waals surface area contributed by atoms with Crippen LogP contribution in [0.3, 0.4) is 0 Å². The van der Waals surface area contributed by atoms with Gasteiger partial charge >= 0.3 is 0 Å². The molecule has 2 rings (SSSR count). The molecule has 0 radical (unpaired) electrons. The number of rotatable bonds is 5. The average Bonchev–Trinajstić information content (AvgIpc) is 2.48. The van der Waals surface area contributed by atoms with E-state index in [4.69, 9.17) is 4.74 Å². The van der Waals surface area contributed by atoms with E-state index in [-0.39, 0.29) is 0 Å². The third-order valence-corrected chi connectivity index (χ3v) is 3.49. The van der Waals surface area contributed by atoms with Gasteiger partial charge in [-0.05, 0) is 24.0 Å². The zero-order valence-corrected chi connectivity index (χ0v) is 12.1. The molecule has 5 heteroatoms. The smallest absolute Gasteiger partial charge is 0.228 e. The molecule has 2 aromatic rings. The minimum absolute atomic E-state index is 0.578. The second-order valence-corrected chi connectivity index (χ2v) is 4.98. The van der Waals surface area contributed by atoms with Crippen molar-refractivity contribution in [3.63, 3.8) is 0 Å². The van der Waals surface area contributed by atoms with Crippen LogP contribution in [0.2, 0.25) is 0 Å². The summed E-state index contributed by atoms with van der Waals surface area (Å²) in [4.78, 5) is 11.8. The van der Waals surface area contributed by atoms with E-state index in [9.17, 15) is 0 Å². The minimum Gasteiger partial charge on any atom is -0.481 e. The van der Waals surface area contributed by atoms with Crippen LogP contribution in [-0.2, 0) is 6.54 Å². The highest BCUT2D eigenvalue weighted by Gasteiger charge is 2.06. The highest BCUT2D eigenvalue weighted by molar-refractivity contribution is 7.98. The molecule has 1 heterocycles. The topological polar surface area (TPSA) is 38.2 Å². The summed E-state index contributed by atoms with van der Waals surface area (Å²) in [7, 11) is 3.57. The van der Waals surface area contributed by atoms with Crippen LogP contribution in [0, 0.1) is 0 Å². The number of hydrogen-bond donors (Lipinski definition) is 0. The molecule has 19 heavy (non-hydrogen) atoms. The number of anilines is 1. The van der Waals surface area contributed by atoms with Crippen LogP contribution in [0.15, 0.2) is 41.4 Å². The molecule has 0 aliphatic heterocycles. The van der Waals surface area contributed by atoms with Crippen molar-refractivity contribution in [2.24, 2.45) is 0 Å². The van der Waals surface area contributed by atoms with Crippen LogP contribution in [-0.4, -0.2) is 30.4 Å². The third-order valence-electron chi connectivity index (χ3n) is 2.75. The van der Waals surface area contributed by atoms with Crippen molar-refractivity contribution in [2.45, 2.75) is 11.4 Å². The molecule has 0 fully saturated rings. The van der Waals surface area contributed by atoms with Gasteiger partial charge in [0.15, 0.2) is 0 Å². The predicted molar refractivity (Wildman–Crippen MR) is 78.9 cm³/mol. The normalized spacial score (nSPS) is 10.3. The minimum atomic E-state index is 0.578. The third kappa shape index (κ3) is 3.61. The quantitative estimate of drug-likeness (QED) is 0.784. The average molecular weight is 275 g/mol. The lowest BCUT2D eigenvalue weighted by molar-refractivity contribution is 0.397. The Morgan fingerprint density at radius 2 is 1.95 bits per heavy atom. The summed E-state index contributed by atoms with van der Waals surface area (Å²) in [5.74, 6) is 1.24. The van der Waals surface area contributed by atoms with E-state index in [2.05, 4.69) is 40.5 Å². The first-order chi connectivity index (χ1) is 9.22. The molecule has 1 aromatic carbocycles. The number of ether oxygens (including phenoxy) is 1. The van der Waals surface area contributed by atoms with Crippen LogP contribution < -0.4 is 9.64 Å². The van der Waals surface area contributed by atoms with Gasteiger partial charge in [-0.15, -0.1) is 11.8 Å². The Labute approximate surface area is 117 Å². The van der Waals surface area contributed by atoms with Crippen molar-refractivity contribution in [3.05, 3.63) is 42.1 Å². The van der Waals surface area contributed by atoms with Crippen LogP contribution in [0.4, 0.5) is 5.95 Å². The maximum absolute atomic E-state index is 5.10. The fraction of sp³-hybridized carbons (Fsp3) is 0.286. The van der Waals surface area contributed by atoms with Crippen molar-refractivity contribution in [1.82, 2.24) is 9.97 Å². The Morgan fingerprint density at radius 1 is 1.21 bits per heavy atom. The molecular formula is C14H17N3OS.